The second-order valence-corrected chi connectivity index (χ2v) is 5.06. The van der Waals surface area contributed by atoms with Crippen LogP contribution in [0.5, 0.6) is 0 Å². The fourth-order valence-electron chi connectivity index (χ4n) is 2.35. The van der Waals surface area contributed by atoms with E-state index in [2.05, 4.69) is 19.9 Å². The van der Waals surface area contributed by atoms with Crippen LogP contribution in [0.25, 0.3) is 11.2 Å². The predicted molar refractivity (Wildman–Crippen MR) is 74.4 cm³/mol. The van der Waals surface area contributed by atoms with E-state index in [0.29, 0.717) is 46.7 Å². The molecule has 0 bridgehead atoms. The Morgan fingerprint density at radius 3 is 2.90 bits per heavy atom. The molecular formula is C12H8ClN5O3. The normalized spacial score (nSPS) is 13.9. The van der Waals surface area contributed by atoms with E-state index in [-0.39, 0.29) is 0 Å². The van der Waals surface area contributed by atoms with Gasteiger partial charge in [-0.1, -0.05) is 11.6 Å². The first-order chi connectivity index (χ1) is 10.1. The minimum atomic E-state index is -0.522. The van der Waals surface area contributed by atoms with E-state index in [9.17, 15) is 9.59 Å². The molecule has 1 aliphatic heterocycles. The SMILES string of the molecule is O=c1[nH]c2c(c(=O)[nH]1)CN(c1nc3nc(Cl)ccc3o1)C2. The third-order valence-electron chi connectivity index (χ3n) is 3.31. The maximum atomic E-state index is 11.7. The largest absolute Gasteiger partial charge is 0.422 e. The van der Waals surface area contributed by atoms with Crippen LogP contribution in [-0.2, 0) is 13.1 Å². The van der Waals surface area contributed by atoms with Crippen LogP contribution in [0.3, 0.4) is 0 Å². The van der Waals surface area contributed by atoms with Crippen LogP contribution in [0.1, 0.15) is 11.3 Å². The zero-order valence-corrected chi connectivity index (χ0v) is 11.3. The second-order valence-electron chi connectivity index (χ2n) is 4.67. The first kappa shape index (κ1) is 12.2. The lowest BCUT2D eigenvalue weighted by Gasteiger charge is -2.10. The maximum Gasteiger partial charge on any atom is 0.325 e. The minimum Gasteiger partial charge on any atom is -0.422 e. The molecular weight excluding hydrogens is 298 g/mol. The van der Waals surface area contributed by atoms with Crippen molar-refractivity contribution in [2.75, 3.05) is 4.90 Å². The number of hydrogen-bond donors (Lipinski definition) is 2. The molecule has 0 saturated heterocycles. The Bertz CT molecular complexity index is 973. The summed E-state index contributed by atoms with van der Waals surface area (Å²) in [4.78, 5) is 37.9. The lowest BCUT2D eigenvalue weighted by Crippen LogP contribution is -2.25. The summed E-state index contributed by atoms with van der Waals surface area (Å²) < 4.78 is 5.60. The van der Waals surface area contributed by atoms with Gasteiger partial charge in [0.25, 0.3) is 5.56 Å². The summed E-state index contributed by atoms with van der Waals surface area (Å²) in [6.07, 6.45) is 0. The number of hydrogen-bond acceptors (Lipinski definition) is 6. The predicted octanol–water partition coefficient (Wildman–Crippen LogP) is 0.773. The van der Waals surface area contributed by atoms with Crippen molar-refractivity contribution in [1.29, 1.82) is 0 Å². The summed E-state index contributed by atoms with van der Waals surface area (Å²) in [6.45, 7) is 0.650. The molecule has 0 amide bonds. The van der Waals surface area contributed by atoms with Crippen molar-refractivity contribution in [3.8, 4) is 0 Å². The van der Waals surface area contributed by atoms with E-state index in [1.165, 1.54) is 0 Å². The van der Waals surface area contributed by atoms with Crippen LogP contribution >= 0.6 is 11.6 Å². The molecule has 2 N–H and O–H groups in total. The molecule has 21 heavy (non-hydrogen) atoms. The topological polar surface area (TPSA) is 108 Å². The Morgan fingerprint density at radius 1 is 1.19 bits per heavy atom. The van der Waals surface area contributed by atoms with E-state index >= 15 is 0 Å². The summed E-state index contributed by atoms with van der Waals surface area (Å²) in [5.41, 5.74) is 1.06. The average Bonchev–Trinajstić information content (AvgIpc) is 3.01. The van der Waals surface area contributed by atoms with E-state index in [1.807, 2.05) is 0 Å². The molecule has 3 aromatic heterocycles. The number of anilines is 1. The monoisotopic (exact) mass is 305 g/mol. The summed E-state index contributed by atoms with van der Waals surface area (Å²) in [5.74, 6) is 0. The van der Waals surface area contributed by atoms with Crippen molar-refractivity contribution in [2.45, 2.75) is 13.1 Å². The number of H-pyrrole nitrogens is 2. The Morgan fingerprint density at radius 2 is 2.05 bits per heavy atom. The van der Waals surface area contributed by atoms with Crippen molar-refractivity contribution in [2.24, 2.45) is 0 Å². The standard InChI is InChI=1S/C12H8ClN5O3/c13-8-2-1-7-9(15-8)16-12(21-7)18-3-5-6(4-18)14-11(20)17-10(5)19/h1-2H,3-4H2,(H2,14,17,19,20). The molecule has 4 rings (SSSR count). The number of nitrogens with one attached hydrogen (secondary N) is 2. The fraction of sp³-hybridized carbons (Fsp3) is 0.167. The molecule has 1 aliphatic rings. The molecule has 0 aliphatic carbocycles. The van der Waals surface area contributed by atoms with Crippen LogP contribution in [0, 0.1) is 0 Å². The van der Waals surface area contributed by atoms with Gasteiger partial charge in [0, 0.05) is 5.69 Å². The Hall–Kier alpha value is -2.61. The number of oxazole rings is 1. The van der Waals surface area contributed by atoms with E-state index in [1.54, 1.807) is 17.0 Å². The van der Waals surface area contributed by atoms with Crippen LogP contribution in [0.4, 0.5) is 6.01 Å². The number of aromatic amines is 2. The van der Waals surface area contributed by atoms with E-state index in [4.69, 9.17) is 16.0 Å². The highest BCUT2D eigenvalue weighted by Gasteiger charge is 2.26. The number of rotatable bonds is 1. The quantitative estimate of drug-likeness (QED) is 0.643. The van der Waals surface area contributed by atoms with Gasteiger partial charge in [-0.15, -0.1) is 0 Å². The number of nitrogens with zero attached hydrogens (tertiary/aromatic N) is 3. The van der Waals surface area contributed by atoms with Gasteiger partial charge < -0.3 is 14.3 Å². The van der Waals surface area contributed by atoms with Gasteiger partial charge >= 0.3 is 11.7 Å². The van der Waals surface area contributed by atoms with E-state index < -0.39 is 11.2 Å². The zero-order chi connectivity index (χ0) is 14.6. The Labute approximate surface area is 121 Å². The highest BCUT2D eigenvalue weighted by atomic mass is 35.5. The molecule has 0 fully saturated rings. The van der Waals surface area contributed by atoms with Gasteiger partial charge in [-0.25, -0.2) is 9.78 Å². The van der Waals surface area contributed by atoms with Gasteiger partial charge in [0.05, 0.1) is 18.7 Å². The molecule has 0 atom stereocenters. The molecule has 4 heterocycles. The summed E-state index contributed by atoms with van der Waals surface area (Å²) in [6, 6.07) is 3.62. The number of pyridine rings is 1. The smallest absolute Gasteiger partial charge is 0.325 e. The lowest BCUT2D eigenvalue weighted by atomic mass is 10.3. The highest BCUT2D eigenvalue weighted by Crippen LogP contribution is 2.27. The van der Waals surface area contributed by atoms with Crippen molar-refractivity contribution in [3.05, 3.63) is 49.4 Å². The van der Waals surface area contributed by atoms with Gasteiger partial charge in [-0.2, -0.15) is 4.98 Å². The van der Waals surface area contributed by atoms with Crippen molar-refractivity contribution < 1.29 is 4.42 Å². The van der Waals surface area contributed by atoms with Crippen LogP contribution < -0.4 is 16.1 Å². The number of halogens is 1. The van der Waals surface area contributed by atoms with Crippen molar-refractivity contribution in [1.82, 2.24) is 19.9 Å². The highest BCUT2D eigenvalue weighted by molar-refractivity contribution is 6.29. The van der Waals surface area contributed by atoms with Gasteiger partial charge in [-0.05, 0) is 12.1 Å². The zero-order valence-electron chi connectivity index (χ0n) is 10.5. The van der Waals surface area contributed by atoms with E-state index in [0.717, 1.165) is 0 Å². The first-order valence-electron chi connectivity index (χ1n) is 6.12. The molecule has 0 radical (unpaired) electrons. The molecule has 0 aromatic carbocycles. The Balaban J connectivity index is 1.76. The van der Waals surface area contributed by atoms with Gasteiger partial charge in [0.15, 0.2) is 5.58 Å². The maximum absolute atomic E-state index is 11.7. The summed E-state index contributed by atoms with van der Waals surface area (Å²) >= 11 is 5.81. The molecule has 9 heteroatoms. The Kier molecular flexibility index (Phi) is 2.43. The third-order valence-corrected chi connectivity index (χ3v) is 3.52. The first-order valence-corrected chi connectivity index (χ1v) is 6.50. The van der Waals surface area contributed by atoms with Crippen LogP contribution in [0.2, 0.25) is 5.15 Å². The molecule has 8 nitrogen and oxygen atoms in total. The fourth-order valence-corrected chi connectivity index (χ4v) is 2.50. The third kappa shape index (κ3) is 1.91. The van der Waals surface area contributed by atoms with Gasteiger partial charge in [0.2, 0.25) is 5.65 Å². The molecule has 106 valence electrons. The minimum absolute atomic E-state index is 0.308. The lowest BCUT2D eigenvalue weighted by molar-refractivity contribution is 0.572. The number of aromatic nitrogens is 4. The molecule has 0 saturated carbocycles. The second kappa shape index (κ2) is 4.19. The van der Waals surface area contributed by atoms with Crippen molar-refractivity contribution in [3.63, 3.8) is 0 Å². The van der Waals surface area contributed by atoms with Crippen molar-refractivity contribution >= 4 is 28.8 Å². The van der Waals surface area contributed by atoms with Crippen LogP contribution in [0.15, 0.2) is 26.1 Å². The number of fused-ring (bicyclic) bond motifs is 2. The molecule has 0 spiro atoms. The molecule has 3 aromatic rings. The van der Waals surface area contributed by atoms with Crippen LogP contribution in [-0.4, -0.2) is 19.9 Å². The van der Waals surface area contributed by atoms with Gasteiger partial charge in [0.1, 0.15) is 5.15 Å². The summed E-state index contributed by atoms with van der Waals surface area (Å²) in [7, 11) is 0. The van der Waals surface area contributed by atoms with Gasteiger partial charge in [-0.3, -0.25) is 9.78 Å². The molecule has 0 unspecified atom stereocenters. The average molecular weight is 306 g/mol. The summed E-state index contributed by atoms with van der Waals surface area (Å²) in [5, 5.41) is 0.327.